The van der Waals surface area contributed by atoms with Crippen molar-refractivity contribution >= 4 is 0 Å². The SMILES string of the molecule is CCCNCc1ccc(-c2cc(CC)ccc2CC)cc1. The van der Waals surface area contributed by atoms with Gasteiger partial charge in [-0.05, 0) is 53.6 Å². The Morgan fingerprint density at radius 1 is 0.810 bits per heavy atom. The van der Waals surface area contributed by atoms with Gasteiger partial charge in [0.2, 0.25) is 0 Å². The Morgan fingerprint density at radius 3 is 2.14 bits per heavy atom. The second-order valence-corrected chi connectivity index (χ2v) is 5.57. The maximum Gasteiger partial charge on any atom is 0.0205 e. The van der Waals surface area contributed by atoms with Crippen LogP contribution in [-0.4, -0.2) is 6.54 Å². The monoisotopic (exact) mass is 281 g/mol. The molecule has 0 amide bonds. The molecular weight excluding hydrogens is 254 g/mol. The van der Waals surface area contributed by atoms with Crippen molar-refractivity contribution in [1.29, 1.82) is 0 Å². The van der Waals surface area contributed by atoms with Crippen LogP contribution in [0.25, 0.3) is 11.1 Å². The van der Waals surface area contributed by atoms with Crippen molar-refractivity contribution in [2.75, 3.05) is 6.54 Å². The molecule has 1 nitrogen and oxygen atoms in total. The highest BCUT2D eigenvalue weighted by Gasteiger charge is 2.05. The van der Waals surface area contributed by atoms with E-state index in [1.54, 1.807) is 0 Å². The van der Waals surface area contributed by atoms with Gasteiger partial charge in [0, 0.05) is 6.54 Å². The van der Waals surface area contributed by atoms with E-state index < -0.39 is 0 Å². The fourth-order valence-electron chi connectivity index (χ4n) is 2.63. The molecule has 0 aliphatic heterocycles. The van der Waals surface area contributed by atoms with Gasteiger partial charge >= 0.3 is 0 Å². The van der Waals surface area contributed by atoms with E-state index in [-0.39, 0.29) is 0 Å². The van der Waals surface area contributed by atoms with E-state index in [1.807, 2.05) is 0 Å². The molecule has 0 saturated carbocycles. The van der Waals surface area contributed by atoms with Gasteiger partial charge in [-0.15, -0.1) is 0 Å². The molecule has 112 valence electrons. The highest BCUT2D eigenvalue weighted by atomic mass is 14.8. The topological polar surface area (TPSA) is 12.0 Å². The number of benzene rings is 2. The number of rotatable bonds is 7. The van der Waals surface area contributed by atoms with Gasteiger partial charge in [0.15, 0.2) is 0 Å². The van der Waals surface area contributed by atoms with Crippen LogP contribution in [0.5, 0.6) is 0 Å². The van der Waals surface area contributed by atoms with Gasteiger partial charge < -0.3 is 5.32 Å². The molecule has 0 bridgehead atoms. The van der Waals surface area contributed by atoms with Gasteiger partial charge in [-0.2, -0.15) is 0 Å². The van der Waals surface area contributed by atoms with Crippen molar-refractivity contribution < 1.29 is 0 Å². The third kappa shape index (κ3) is 4.18. The first-order chi connectivity index (χ1) is 10.3. The summed E-state index contributed by atoms with van der Waals surface area (Å²) in [6, 6.07) is 15.9. The lowest BCUT2D eigenvalue weighted by Gasteiger charge is -2.11. The highest BCUT2D eigenvalue weighted by molar-refractivity contribution is 5.68. The third-order valence-electron chi connectivity index (χ3n) is 3.98. The van der Waals surface area contributed by atoms with Crippen LogP contribution in [0.15, 0.2) is 42.5 Å². The number of hydrogen-bond donors (Lipinski definition) is 1. The maximum atomic E-state index is 3.45. The standard InChI is InChI=1S/C20H27N/c1-4-13-21-15-17-8-11-19(12-9-17)20-14-16(5-2)7-10-18(20)6-3/h7-12,14,21H,4-6,13,15H2,1-3H3. The fraction of sp³-hybridized carbons (Fsp3) is 0.400. The molecule has 0 radical (unpaired) electrons. The van der Waals surface area contributed by atoms with Gasteiger partial charge in [0.25, 0.3) is 0 Å². The molecule has 21 heavy (non-hydrogen) atoms. The van der Waals surface area contributed by atoms with Crippen molar-refractivity contribution in [2.24, 2.45) is 0 Å². The van der Waals surface area contributed by atoms with Crippen LogP contribution in [0.3, 0.4) is 0 Å². The largest absolute Gasteiger partial charge is 0.313 e. The summed E-state index contributed by atoms with van der Waals surface area (Å²) in [6.45, 7) is 8.69. The van der Waals surface area contributed by atoms with Crippen LogP contribution in [0.2, 0.25) is 0 Å². The van der Waals surface area contributed by atoms with Crippen molar-refractivity contribution in [2.45, 2.75) is 46.6 Å². The summed E-state index contributed by atoms with van der Waals surface area (Å²) in [6.07, 6.45) is 3.36. The maximum absolute atomic E-state index is 3.45. The molecule has 2 rings (SSSR count). The molecule has 1 heteroatoms. The van der Waals surface area contributed by atoms with Gasteiger partial charge in [0.05, 0.1) is 0 Å². The summed E-state index contributed by atoms with van der Waals surface area (Å²) in [4.78, 5) is 0. The average Bonchev–Trinajstić information content (AvgIpc) is 2.55. The third-order valence-corrected chi connectivity index (χ3v) is 3.98. The molecule has 0 atom stereocenters. The smallest absolute Gasteiger partial charge is 0.0205 e. The summed E-state index contributed by atoms with van der Waals surface area (Å²) in [5.41, 5.74) is 6.93. The molecule has 2 aromatic carbocycles. The minimum atomic E-state index is 0.962. The van der Waals surface area contributed by atoms with E-state index >= 15 is 0 Å². The van der Waals surface area contributed by atoms with E-state index in [4.69, 9.17) is 0 Å². The normalized spacial score (nSPS) is 10.8. The zero-order valence-corrected chi connectivity index (χ0v) is 13.6. The lowest BCUT2D eigenvalue weighted by atomic mass is 9.94. The number of hydrogen-bond acceptors (Lipinski definition) is 1. The van der Waals surface area contributed by atoms with Crippen molar-refractivity contribution in [3.05, 3.63) is 59.2 Å². The number of nitrogens with one attached hydrogen (secondary N) is 1. The molecule has 0 heterocycles. The van der Waals surface area contributed by atoms with Crippen LogP contribution in [0.4, 0.5) is 0 Å². The quantitative estimate of drug-likeness (QED) is 0.706. The summed E-state index contributed by atoms with van der Waals surface area (Å²) in [7, 11) is 0. The Morgan fingerprint density at radius 2 is 1.52 bits per heavy atom. The molecule has 0 unspecified atom stereocenters. The van der Waals surface area contributed by atoms with Gasteiger partial charge in [-0.1, -0.05) is 63.2 Å². The van der Waals surface area contributed by atoms with Crippen molar-refractivity contribution in [3.63, 3.8) is 0 Å². The van der Waals surface area contributed by atoms with Gasteiger partial charge in [0.1, 0.15) is 0 Å². The first-order valence-electron chi connectivity index (χ1n) is 8.20. The Bertz CT molecular complexity index is 555. The Labute approximate surface area is 129 Å². The van der Waals surface area contributed by atoms with Crippen LogP contribution in [0.1, 0.15) is 43.9 Å². The molecule has 0 fully saturated rings. The lowest BCUT2D eigenvalue weighted by Crippen LogP contribution is -2.13. The Kier molecular flexibility index (Phi) is 6.01. The van der Waals surface area contributed by atoms with Crippen LogP contribution >= 0.6 is 0 Å². The van der Waals surface area contributed by atoms with E-state index in [9.17, 15) is 0 Å². The predicted octanol–water partition coefficient (Wildman–Crippen LogP) is 4.98. The molecule has 0 aliphatic carbocycles. The number of aryl methyl sites for hydroxylation is 2. The first kappa shape index (κ1) is 15.8. The van der Waals surface area contributed by atoms with Crippen molar-refractivity contribution in [1.82, 2.24) is 5.32 Å². The molecule has 0 saturated heterocycles. The molecule has 0 aliphatic rings. The van der Waals surface area contributed by atoms with Crippen molar-refractivity contribution in [3.8, 4) is 11.1 Å². The molecule has 0 aromatic heterocycles. The van der Waals surface area contributed by atoms with E-state index in [0.29, 0.717) is 0 Å². The summed E-state index contributed by atoms with van der Waals surface area (Å²) in [5.74, 6) is 0. The summed E-state index contributed by atoms with van der Waals surface area (Å²) >= 11 is 0. The van der Waals surface area contributed by atoms with Crippen LogP contribution < -0.4 is 5.32 Å². The summed E-state index contributed by atoms with van der Waals surface area (Å²) < 4.78 is 0. The Hall–Kier alpha value is -1.60. The molecule has 0 spiro atoms. The molecular formula is C20H27N. The zero-order valence-electron chi connectivity index (χ0n) is 13.6. The zero-order chi connectivity index (χ0) is 15.1. The minimum absolute atomic E-state index is 0.962. The minimum Gasteiger partial charge on any atom is -0.313 e. The van der Waals surface area contributed by atoms with E-state index in [0.717, 1.165) is 25.9 Å². The molecule has 1 N–H and O–H groups in total. The average molecular weight is 281 g/mol. The van der Waals surface area contributed by atoms with Crippen LogP contribution in [0, 0.1) is 0 Å². The highest BCUT2D eigenvalue weighted by Crippen LogP contribution is 2.26. The van der Waals surface area contributed by atoms with Gasteiger partial charge in [-0.3, -0.25) is 0 Å². The second-order valence-electron chi connectivity index (χ2n) is 5.57. The van der Waals surface area contributed by atoms with Gasteiger partial charge in [-0.25, -0.2) is 0 Å². The summed E-state index contributed by atoms with van der Waals surface area (Å²) in [5, 5.41) is 3.45. The lowest BCUT2D eigenvalue weighted by molar-refractivity contribution is 0.675. The molecule has 2 aromatic rings. The Balaban J connectivity index is 2.21. The van der Waals surface area contributed by atoms with Crippen LogP contribution in [-0.2, 0) is 19.4 Å². The van der Waals surface area contributed by atoms with E-state index in [1.165, 1.54) is 34.2 Å². The first-order valence-corrected chi connectivity index (χ1v) is 8.20. The second kappa shape index (κ2) is 7.99. The fourth-order valence-corrected chi connectivity index (χ4v) is 2.63. The predicted molar refractivity (Wildman–Crippen MR) is 92.6 cm³/mol. The van der Waals surface area contributed by atoms with E-state index in [2.05, 4.69) is 68.6 Å².